The van der Waals surface area contributed by atoms with Gasteiger partial charge in [-0.15, -0.1) is 0 Å². The first kappa shape index (κ1) is 29.9. The maximum Gasteiger partial charge on any atom is 0.164 e. The van der Waals surface area contributed by atoms with Crippen molar-refractivity contribution in [3.05, 3.63) is 174 Å². The Kier molecular flexibility index (Phi) is 7.03. The number of hydrogen-bond acceptors (Lipinski definition) is 3. The van der Waals surface area contributed by atoms with Gasteiger partial charge >= 0.3 is 0 Å². The molecule has 0 unspecified atom stereocenters. The molecular weight excluding hydrogens is 607 g/mol. The summed E-state index contributed by atoms with van der Waals surface area (Å²) in [6, 6.07) is 56.1. The summed E-state index contributed by atoms with van der Waals surface area (Å²) in [6.07, 6.45) is 0. The standard InChI is InChI=1S/C47H35N3/c1-30-12-11-15-34(28-30)31-20-22-33(23-21-31)45-48-44(32-13-5-4-6-14-32)49-46(50-45)40-26-25-36(37-16-7-8-17-38(37)40)35-24-27-43-41(29-35)39-18-9-10-19-42(39)47(43,2)3/h4-29H,1-3H3. The molecule has 0 bridgehead atoms. The van der Waals surface area contributed by atoms with E-state index in [-0.39, 0.29) is 5.41 Å². The predicted molar refractivity (Wildman–Crippen MR) is 207 cm³/mol. The van der Waals surface area contributed by atoms with Crippen molar-refractivity contribution in [2.45, 2.75) is 26.2 Å². The molecule has 50 heavy (non-hydrogen) atoms. The molecule has 0 spiro atoms. The third-order valence-corrected chi connectivity index (χ3v) is 10.2. The summed E-state index contributed by atoms with van der Waals surface area (Å²) in [5.41, 5.74) is 14.3. The highest BCUT2D eigenvalue weighted by molar-refractivity contribution is 6.05. The van der Waals surface area contributed by atoms with Crippen molar-refractivity contribution in [2.24, 2.45) is 0 Å². The Balaban J connectivity index is 1.18. The number of aromatic nitrogens is 3. The number of benzene rings is 7. The molecule has 7 aromatic carbocycles. The Bertz CT molecular complexity index is 2570. The second-order valence-electron chi connectivity index (χ2n) is 13.8. The van der Waals surface area contributed by atoms with Gasteiger partial charge in [0.05, 0.1) is 0 Å². The second kappa shape index (κ2) is 11.7. The number of nitrogens with zero attached hydrogens (tertiary/aromatic N) is 3. The fourth-order valence-corrected chi connectivity index (χ4v) is 7.61. The lowest BCUT2D eigenvalue weighted by atomic mass is 9.82. The molecule has 1 aromatic heterocycles. The fourth-order valence-electron chi connectivity index (χ4n) is 7.61. The van der Waals surface area contributed by atoms with E-state index < -0.39 is 0 Å². The zero-order chi connectivity index (χ0) is 33.8. The Labute approximate surface area is 293 Å². The maximum atomic E-state index is 5.13. The van der Waals surface area contributed by atoms with E-state index in [1.165, 1.54) is 49.9 Å². The molecule has 3 heteroatoms. The zero-order valence-corrected chi connectivity index (χ0v) is 28.4. The molecule has 238 valence electrons. The van der Waals surface area contributed by atoms with Crippen molar-refractivity contribution < 1.29 is 0 Å². The van der Waals surface area contributed by atoms with Crippen molar-refractivity contribution >= 4 is 10.8 Å². The minimum atomic E-state index is -0.0237. The number of fused-ring (bicyclic) bond motifs is 4. The van der Waals surface area contributed by atoms with Crippen molar-refractivity contribution in [3.63, 3.8) is 0 Å². The van der Waals surface area contributed by atoms with Crippen LogP contribution in [0.15, 0.2) is 158 Å². The molecule has 0 saturated heterocycles. The summed E-state index contributed by atoms with van der Waals surface area (Å²) in [5.74, 6) is 1.96. The topological polar surface area (TPSA) is 38.7 Å². The molecule has 0 radical (unpaired) electrons. The Morgan fingerprint density at radius 2 is 0.920 bits per heavy atom. The van der Waals surface area contributed by atoms with Gasteiger partial charge in [-0.05, 0) is 74.3 Å². The van der Waals surface area contributed by atoms with E-state index >= 15 is 0 Å². The van der Waals surface area contributed by atoms with Gasteiger partial charge in [0, 0.05) is 22.1 Å². The maximum absolute atomic E-state index is 5.13. The number of hydrogen-bond donors (Lipinski definition) is 0. The van der Waals surface area contributed by atoms with Crippen LogP contribution in [0.5, 0.6) is 0 Å². The SMILES string of the molecule is Cc1cccc(-c2ccc(-c3nc(-c4ccccc4)nc(-c4ccc(-c5ccc6c(c5)-c5ccccc5C6(C)C)c5ccccc45)n3)cc2)c1. The summed E-state index contributed by atoms with van der Waals surface area (Å²) in [4.78, 5) is 15.2. The van der Waals surface area contributed by atoms with Crippen LogP contribution >= 0.6 is 0 Å². The van der Waals surface area contributed by atoms with Gasteiger partial charge in [-0.1, -0.05) is 165 Å². The summed E-state index contributed by atoms with van der Waals surface area (Å²) in [6.45, 7) is 6.77. The molecule has 0 saturated carbocycles. The molecular formula is C47H35N3. The van der Waals surface area contributed by atoms with Crippen LogP contribution in [-0.2, 0) is 5.41 Å². The fraction of sp³-hybridized carbons (Fsp3) is 0.0851. The molecule has 0 atom stereocenters. The molecule has 8 aromatic rings. The van der Waals surface area contributed by atoms with E-state index in [0.717, 1.165) is 27.6 Å². The normalized spacial score (nSPS) is 12.9. The van der Waals surface area contributed by atoms with E-state index in [9.17, 15) is 0 Å². The highest BCUT2D eigenvalue weighted by atomic mass is 15.0. The third-order valence-electron chi connectivity index (χ3n) is 10.2. The van der Waals surface area contributed by atoms with Crippen molar-refractivity contribution in [1.29, 1.82) is 0 Å². The molecule has 1 aliphatic rings. The van der Waals surface area contributed by atoms with Gasteiger partial charge in [-0.25, -0.2) is 15.0 Å². The quantitative estimate of drug-likeness (QED) is 0.188. The Morgan fingerprint density at radius 3 is 1.68 bits per heavy atom. The van der Waals surface area contributed by atoms with Crippen LogP contribution in [0.4, 0.5) is 0 Å². The average Bonchev–Trinajstić information content (AvgIpc) is 3.40. The highest BCUT2D eigenvalue weighted by Crippen LogP contribution is 2.50. The summed E-state index contributed by atoms with van der Waals surface area (Å²) >= 11 is 0. The molecule has 1 aliphatic carbocycles. The van der Waals surface area contributed by atoms with Gasteiger partial charge in [0.15, 0.2) is 17.5 Å². The van der Waals surface area contributed by atoms with Gasteiger partial charge < -0.3 is 0 Å². The van der Waals surface area contributed by atoms with Crippen molar-refractivity contribution in [1.82, 2.24) is 15.0 Å². The molecule has 3 nitrogen and oxygen atoms in total. The van der Waals surface area contributed by atoms with E-state index in [1.807, 2.05) is 18.2 Å². The minimum Gasteiger partial charge on any atom is -0.208 e. The lowest BCUT2D eigenvalue weighted by Crippen LogP contribution is -2.14. The monoisotopic (exact) mass is 641 g/mol. The van der Waals surface area contributed by atoms with E-state index in [2.05, 4.69) is 160 Å². The van der Waals surface area contributed by atoms with Crippen LogP contribution in [0.25, 0.3) is 78.3 Å². The average molecular weight is 642 g/mol. The summed E-state index contributed by atoms with van der Waals surface area (Å²) < 4.78 is 0. The van der Waals surface area contributed by atoms with Crippen molar-refractivity contribution in [3.8, 4) is 67.5 Å². The largest absolute Gasteiger partial charge is 0.208 e. The summed E-state index contributed by atoms with van der Waals surface area (Å²) in [7, 11) is 0. The molecule has 9 rings (SSSR count). The van der Waals surface area contributed by atoms with E-state index in [0.29, 0.717) is 17.5 Å². The molecule has 1 heterocycles. The molecule has 0 aliphatic heterocycles. The van der Waals surface area contributed by atoms with E-state index in [4.69, 9.17) is 15.0 Å². The third kappa shape index (κ3) is 5.02. The van der Waals surface area contributed by atoms with Gasteiger partial charge in [-0.2, -0.15) is 0 Å². The van der Waals surface area contributed by atoms with Gasteiger partial charge in [0.1, 0.15) is 0 Å². The highest BCUT2D eigenvalue weighted by Gasteiger charge is 2.35. The van der Waals surface area contributed by atoms with Crippen LogP contribution in [0.1, 0.15) is 30.5 Å². The predicted octanol–water partition coefficient (Wildman–Crippen LogP) is 12.0. The molecule has 0 fully saturated rings. The van der Waals surface area contributed by atoms with Crippen LogP contribution < -0.4 is 0 Å². The lowest BCUT2D eigenvalue weighted by molar-refractivity contribution is 0.660. The first-order valence-electron chi connectivity index (χ1n) is 17.2. The number of rotatable bonds is 5. The van der Waals surface area contributed by atoms with E-state index in [1.54, 1.807) is 0 Å². The molecule has 0 amide bonds. The van der Waals surface area contributed by atoms with Gasteiger partial charge in [0.25, 0.3) is 0 Å². The first-order valence-corrected chi connectivity index (χ1v) is 17.2. The van der Waals surface area contributed by atoms with Crippen LogP contribution in [0.2, 0.25) is 0 Å². The van der Waals surface area contributed by atoms with Crippen LogP contribution in [0, 0.1) is 6.92 Å². The minimum absolute atomic E-state index is 0.0237. The molecule has 0 N–H and O–H groups in total. The first-order chi connectivity index (χ1) is 24.4. The second-order valence-corrected chi connectivity index (χ2v) is 13.8. The Hall–Kier alpha value is -6.19. The van der Waals surface area contributed by atoms with Crippen molar-refractivity contribution in [2.75, 3.05) is 0 Å². The number of aryl methyl sites for hydroxylation is 1. The van der Waals surface area contributed by atoms with Gasteiger partial charge in [-0.3, -0.25) is 0 Å². The zero-order valence-electron chi connectivity index (χ0n) is 28.4. The van der Waals surface area contributed by atoms with Gasteiger partial charge in [0.2, 0.25) is 0 Å². The smallest absolute Gasteiger partial charge is 0.164 e. The lowest BCUT2D eigenvalue weighted by Gasteiger charge is -2.21. The van der Waals surface area contributed by atoms with Crippen LogP contribution in [0.3, 0.4) is 0 Å². The Morgan fingerprint density at radius 1 is 0.360 bits per heavy atom. The summed E-state index contributed by atoms with van der Waals surface area (Å²) in [5, 5.41) is 2.28. The van der Waals surface area contributed by atoms with Crippen LogP contribution in [-0.4, -0.2) is 15.0 Å².